The van der Waals surface area contributed by atoms with E-state index in [0.29, 0.717) is 6.04 Å². The molecule has 0 bridgehead atoms. The lowest BCUT2D eigenvalue weighted by Gasteiger charge is -2.13. The molecular formula is C12H14BrN3. The van der Waals surface area contributed by atoms with Gasteiger partial charge in [0.2, 0.25) is 0 Å². The summed E-state index contributed by atoms with van der Waals surface area (Å²) in [7, 11) is 0. The Hall–Kier alpha value is -1.13. The monoisotopic (exact) mass is 279 g/mol. The normalized spacial score (nSPS) is 12.6. The van der Waals surface area contributed by atoms with Gasteiger partial charge in [0.25, 0.3) is 0 Å². The molecule has 1 atom stereocenters. The van der Waals surface area contributed by atoms with Gasteiger partial charge in [0.15, 0.2) is 0 Å². The first-order valence-corrected chi connectivity index (χ1v) is 6.02. The maximum absolute atomic E-state index is 4.17. The zero-order chi connectivity index (χ0) is 11.4. The highest BCUT2D eigenvalue weighted by Crippen LogP contribution is 2.16. The number of hydrogen-bond acceptors (Lipinski definition) is 2. The molecule has 84 valence electrons. The van der Waals surface area contributed by atoms with E-state index in [9.17, 15) is 0 Å². The van der Waals surface area contributed by atoms with Gasteiger partial charge in [-0.25, -0.2) is 4.98 Å². The van der Waals surface area contributed by atoms with E-state index in [1.807, 2.05) is 6.20 Å². The van der Waals surface area contributed by atoms with Crippen molar-refractivity contribution in [2.24, 2.45) is 0 Å². The summed E-state index contributed by atoms with van der Waals surface area (Å²) >= 11 is 3.43. The summed E-state index contributed by atoms with van der Waals surface area (Å²) in [6.45, 7) is 2.90. The number of aromatic amines is 1. The van der Waals surface area contributed by atoms with Crippen molar-refractivity contribution in [3.8, 4) is 0 Å². The average Bonchev–Trinajstić information content (AvgIpc) is 2.80. The fourth-order valence-electron chi connectivity index (χ4n) is 1.51. The zero-order valence-corrected chi connectivity index (χ0v) is 10.7. The first-order valence-electron chi connectivity index (χ1n) is 5.23. The van der Waals surface area contributed by atoms with Crippen LogP contribution in [0.3, 0.4) is 0 Å². The van der Waals surface area contributed by atoms with Crippen molar-refractivity contribution < 1.29 is 0 Å². The van der Waals surface area contributed by atoms with Crippen molar-refractivity contribution in [3.05, 3.63) is 52.5 Å². The third-order valence-corrected chi connectivity index (χ3v) is 3.03. The Bertz CT molecular complexity index is 422. The molecule has 1 heterocycles. The Morgan fingerprint density at radius 2 is 2.12 bits per heavy atom. The van der Waals surface area contributed by atoms with Gasteiger partial charge < -0.3 is 10.3 Å². The lowest BCUT2D eigenvalue weighted by Crippen LogP contribution is -2.18. The van der Waals surface area contributed by atoms with Crippen molar-refractivity contribution in [2.75, 3.05) is 0 Å². The predicted molar refractivity (Wildman–Crippen MR) is 68.0 cm³/mol. The Kier molecular flexibility index (Phi) is 3.74. The van der Waals surface area contributed by atoms with Gasteiger partial charge in [-0.1, -0.05) is 28.1 Å². The minimum absolute atomic E-state index is 0.318. The Labute approximate surface area is 103 Å². The number of aromatic nitrogens is 2. The molecule has 0 amide bonds. The van der Waals surface area contributed by atoms with Crippen LogP contribution in [-0.2, 0) is 6.54 Å². The number of H-pyrrole nitrogens is 1. The van der Waals surface area contributed by atoms with E-state index >= 15 is 0 Å². The van der Waals surface area contributed by atoms with Crippen LogP contribution in [0.15, 0.2) is 41.1 Å². The zero-order valence-electron chi connectivity index (χ0n) is 9.07. The second kappa shape index (κ2) is 5.27. The van der Waals surface area contributed by atoms with Crippen LogP contribution >= 0.6 is 15.9 Å². The fourth-order valence-corrected chi connectivity index (χ4v) is 1.78. The Morgan fingerprint density at radius 3 is 2.75 bits per heavy atom. The predicted octanol–water partition coefficient (Wildman–Crippen LogP) is 3.02. The van der Waals surface area contributed by atoms with E-state index < -0.39 is 0 Å². The van der Waals surface area contributed by atoms with Crippen LogP contribution in [0.1, 0.15) is 24.4 Å². The van der Waals surface area contributed by atoms with Crippen LogP contribution in [-0.4, -0.2) is 9.97 Å². The SMILES string of the molecule is C[C@H](NCc1ncc[nH]1)c1ccc(Br)cc1. The van der Waals surface area contributed by atoms with Crippen molar-refractivity contribution in [1.82, 2.24) is 15.3 Å². The summed E-state index contributed by atoms with van der Waals surface area (Å²) in [5.74, 6) is 0.962. The number of nitrogens with one attached hydrogen (secondary N) is 2. The molecule has 0 fully saturated rings. The minimum Gasteiger partial charge on any atom is -0.348 e. The minimum atomic E-state index is 0.318. The van der Waals surface area contributed by atoms with Gasteiger partial charge in [-0.05, 0) is 24.6 Å². The lowest BCUT2D eigenvalue weighted by atomic mass is 10.1. The van der Waals surface area contributed by atoms with Gasteiger partial charge in [-0.2, -0.15) is 0 Å². The Balaban J connectivity index is 1.93. The van der Waals surface area contributed by atoms with E-state index in [1.54, 1.807) is 6.20 Å². The summed E-state index contributed by atoms with van der Waals surface area (Å²) in [6, 6.07) is 8.66. The molecule has 0 radical (unpaired) electrons. The molecule has 0 aliphatic carbocycles. The molecule has 4 heteroatoms. The van der Waals surface area contributed by atoms with Gasteiger partial charge in [-0.15, -0.1) is 0 Å². The summed E-state index contributed by atoms with van der Waals surface area (Å²) in [5.41, 5.74) is 1.27. The van der Waals surface area contributed by atoms with E-state index in [2.05, 4.69) is 62.4 Å². The first kappa shape index (κ1) is 11.4. The van der Waals surface area contributed by atoms with Gasteiger partial charge in [0.1, 0.15) is 5.82 Å². The largest absolute Gasteiger partial charge is 0.348 e. The summed E-state index contributed by atoms with van der Waals surface area (Å²) in [5, 5.41) is 3.41. The second-order valence-electron chi connectivity index (χ2n) is 3.69. The van der Waals surface area contributed by atoms with E-state index in [4.69, 9.17) is 0 Å². The topological polar surface area (TPSA) is 40.7 Å². The molecule has 1 aromatic heterocycles. The van der Waals surface area contributed by atoms with Crippen molar-refractivity contribution in [2.45, 2.75) is 19.5 Å². The molecular weight excluding hydrogens is 266 g/mol. The summed E-state index contributed by atoms with van der Waals surface area (Å²) < 4.78 is 1.11. The van der Waals surface area contributed by atoms with Gasteiger partial charge in [0, 0.05) is 22.9 Å². The second-order valence-corrected chi connectivity index (χ2v) is 4.61. The van der Waals surface area contributed by atoms with Crippen LogP contribution in [0.4, 0.5) is 0 Å². The number of nitrogens with zero attached hydrogens (tertiary/aromatic N) is 1. The molecule has 0 aliphatic rings. The molecule has 1 aromatic carbocycles. The van der Waals surface area contributed by atoms with Crippen molar-refractivity contribution in [1.29, 1.82) is 0 Å². The molecule has 0 saturated carbocycles. The molecule has 0 saturated heterocycles. The van der Waals surface area contributed by atoms with Crippen LogP contribution in [0.5, 0.6) is 0 Å². The molecule has 2 aromatic rings. The molecule has 3 nitrogen and oxygen atoms in total. The van der Waals surface area contributed by atoms with Crippen LogP contribution in [0.25, 0.3) is 0 Å². The number of rotatable bonds is 4. The van der Waals surface area contributed by atoms with Gasteiger partial charge >= 0.3 is 0 Å². The van der Waals surface area contributed by atoms with E-state index in [-0.39, 0.29) is 0 Å². The van der Waals surface area contributed by atoms with Gasteiger partial charge in [0.05, 0.1) is 6.54 Å². The average molecular weight is 280 g/mol. The quantitative estimate of drug-likeness (QED) is 0.903. The molecule has 2 N–H and O–H groups in total. The molecule has 16 heavy (non-hydrogen) atoms. The van der Waals surface area contributed by atoms with Gasteiger partial charge in [-0.3, -0.25) is 0 Å². The van der Waals surface area contributed by atoms with Crippen LogP contribution < -0.4 is 5.32 Å². The van der Waals surface area contributed by atoms with Crippen LogP contribution in [0.2, 0.25) is 0 Å². The molecule has 2 rings (SSSR count). The molecule has 0 spiro atoms. The maximum Gasteiger partial charge on any atom is 0.120 e. The van der Waals surface area contributed by atoms with Crippen molar-refractivity contribution in [3.63, 3.8) is 0 Å². The van der Waals surface area contributed by atoms with Crippen LogP contribution in [0, 0.1) is 0 Å². The number of benzene rings is 1. The molecule has 0 aliphatic heterocycles. The third kappa shape index (κ3) is 2.93. The standard InChI is InChI=1S/C12H14BrN3/c1-9(10-2-4-11(13)5-3-10)16-8-12-14-6-7-15-12/h2-7,9,16H,8H2,1H3,(H,14,15)/t9-/m0/s1. The third-order valence-electron chi connectivity index (χ3n) is 2.50. The fraction of sp³-hybridized carbons (Fsp3) is 0.250. The smallest absolute Gasteiger partial charge is 0.120 e. The van der Waals surface area contributed by atoms with E-state index in [1.165, 1.54) is 5.56 Å². The lowest BCUT2D eigenvalue weighted by molar-refractivity contribution is 0.562. The number of hydrogen-bond donors (Lipinski definition) is 2. The summed E-state index contributed by atoms with van der Waals surface area (Å²) in [6.07, 6.45) is 3.60. The highest BCUT2D eigenvalue weighted by Gasteiger charge is 2.04. The highest BCUT2D eigenvalue weighted by molar-refractivity contribution is 9.10. The van der Waals surface area contributed by atoms with Crippen molar-refractivity contribution >= 4 is 15.9 Å². The number of halogens is 1. The summed E-state index contributed by atoms with van der Waals surface area (Å²) in [4.78, 5) is 7.24. The van der Waals surface area contributed by atoms with E-state index in [0.717, 1.165) is 16.8 Å². The Morgan fingerprint density at radius 1 is 1.38 bits per heavy atom. The number of imidazole rings is 1. The highest BCUT2D eigenvalue weighted by atomic mass is 79.9. The molecule has 0 unspecified atom stereocenters. The first-order chi connectivity index (χ1) is 7.75. The maximum atomic E-state index is 4.17.